The second kappa shape index (κ2) is 7.21. The van der Waals surface area contributed by atoms with Crippen LogP contribution in [0.5, 0.6) is 0 Å². The Kier molecular flexibility index (Phi) is 5.32. The molecule has 0 saturated carbocycles. The van der Waals surface area contributed by atoms with E-state index in [1.807, 2.05) is 13.0 Å². The van der Waals surface area contributed by atoms with Gasteiger partial charge in [-0.05, 0) is 44.0 Å². The molecule has 2 unspecified atom stereocenters. The monoisotopic (exact) mass is 287 g/mol. The number of nitriles is 1. The maximum absolute atomic E-state index is 11.9. The first-order chi connectivity index (χ1) is 10.1. The minimum absolute atomic E-state index is 0.0504. The van der Waals surface area contributed by atoms with Gasteiger partial charge in [-0.15, -0.1) is 0 Å². The van der Waals surface area contributed by atoms with Gasteiger partial charge in [-0.25, -0.2) is 0 Å². The molecule has 1 fully saturated rings. The van der Waals surface area contributed by atoms with Crippen molar-refractivity contribution in [1.82, 2.24) is 4.90 Å². The standard InChI is InChI=1S/C16H21N3O2/c1-12(20)14-5-7-19(11-14)8-6-16(21)18-15-4-2-3-13(9-15)10-17/h2-4,9,12,14,20H,5-8,11H2,1H3,(H,18,21). The fraction of sp³-hybridized carbons (Fsp3) is 0.500. The summed E-state index contributed by atoms with van der Waals surface area (Å²) in [5, 5.41) is 21.2. The number of aliphatic hydroxyl groups excluding tert-OH is 1. The van der Waals surface area contributed by atoms with E-state index in [-0.39, 0.29) is 12.0 Å². The summed E-state index contributed by atoms with van der Waals surface area (Å²) >= 11 is 0. The molecule has 0 aliphatic carbocycles. The second-order valence-corrected chi connectivity index (χ2v) is 5.58. The lowest BCUT2D eigenvalue weighted by atomic mass is 10.0. The lowest BCUT2D eigenvalue weighted by Crippen LogP contribution is -2.27. The normalized spacial score (nSPS) is 20.0. The van der Waals surface area contributed by atoms with Crippen molar-refractivity contribution in [2.45, 2.75) is 25.9 Å². The van der Waals surface area contributed by atoms with Gasteiger partial charge in [-0.2, -0.15) is 5.26 Å². The van der Waals surface area contributed by atoms with E-state index >= 15 is 0 Å². The predicted octanol–water partition coefficient (Wildman–Crippen LogP) is 1.59. The van der Waals surface area contributed by atoms with Crippen LogP contribution in [0.25, 0.3) is 0 Å². The van der Waals surface area contributed by atoms with Gasteiger partial charge in [-0.1, -0.05) is 6.07 Å². The van der Waals surface area contributed by atoms with Gasteiger partial charge < -0.3 is 15.3 Å². The number of hydrogen-bond acceptors (Lipinski definition) is 4. The summed E-state index contributed by atoms with van der Waals surface area (Å²) in [6.07, 6.45) is 1.13. The van der Waals surface area contributed by atoms with Crippen LogP contribution in [0, 0.1) is 17.2 Å². The molecule has 1 aromatic carbocycles. The van der Waals surface area contributed by atoms with Crippen LogP contribution in [0.1, 0.15) is 25.3 Å². The molecule has 1 heterocycles. The van der Waals surface area contributed by atoms with Crippen molar-refractivity contribution < 1.29 is 9.90 Å². The zero-order chi connectivity index (χ0) is 15.2. The molecule has 0 radical (unpaired) electrons. The van der Waals surface area contributed by atoms with E-state index in [1.54, 1.807) is 24.3 Å². The molecule has 0 spiro atoms. The van der Waals surface area contributed by atoms with Gasteiger partial charge in [0.25, 0.3) is 0 Å². The van der Waals surface area contributed by atoms with Crippen molar-refractivity contribution in [3.8, 4) is 6.07 Å². The Morgan fingerprint density at radius 2 is 2.43 bits per heavy atom. The Morgan fingerprint density at radius 1 is 1.62 bits per heavy atom. The Balaban J connectivity index is 1.76. The van der Waals surface area contributed by atoms with Gasteiger partial charge in [-0.3, -0.25) is 4.79 Å². The predicted molar refractivity (Wildman–Crippen MR) is 80.6 cm³/mol. The number of nitrogens with zero attached hydrogens (tertiary/aromatic N) is 2. The third-order valence-electron chi connectivity index (χ3n) is 3.92. The number of carbonyl (C=O) groups excluding carboxylic acids is 1. The molecule has 1 amide bonds. The number of amides is 1. The third kappa shape index (κ3) is 4.55. The van der Waals surface area contributed by atoms with Crippen LogP contribution in [-0.4, -0.2) is 41.7 Å². The van der Waals surface area contributed by atoms with Gasteiger partial charge in [0.05, 0.1) is 17.7 Å². The minimum atomic E-state index is -0.280. The maximum atomic E-state index is 11.9. The van der Waals surface area contributed by atoms with E-state index < -0.39 is 0 Å². The summed E-state index contributed by atoms with van der Waals surface area (Å²) in [4.78, 5) is 14.1. The molecule has 21 heavy (non-hydrogen) atoms. The first kappa shape index (κ1) is 15.5. The Morgan fingerprint density at radius 3 is 3.10 bits per heavy atom. The highest BCUT2D eigenvalue weighted by Gasteiger charge is 2.25. The lowest BCUT2D eigenvalue weighted by molar-refractivity contribution is -0.116. The smallest absolute Gasteiger partial charge is 0.225 e. The molecule has 2 rings (SSSR count). The molecule has 5 heteroatoms. The molecule has 2 atom stereocenters. The highest BCUT2D eigenvalue weighted by molar-refractivity contribution is 5.90. The summed E-state index contributed by atoms with van der Waals surface area (Å²) in [6.45, 7) is 4.32. The van der Waals surface area contributed by atoms with Crippen LogP contribution in [0.4, 0.5) is 5.69 Å². The van der Waals surface area contributed by atoms with Crippen LogP contribution >= 0.6 is 0 Å². The molecule has 1 aliphatic heterocycles. The summed E-state index contributed by atoms with van der Waals surface area (Å²) in [5.41, 5.74) is 1.19. The lowest BCUT2D eigenvalue weighted by Gasteiger charge is -2.17. The Labute approximate surface area is 125 Å². The average molecular weight is 287 g/mol. The summed E-state index contributed by atoms with van der Waals surface area (Å²) in [7, 11) is 0. The highest BCUT2D eigenvalue weighted by atomic mass is 16.3. The van der Waals surface area contributed by atoms with Gasteiger partial charge in [0.15, 0.2) is 0 Å². The number of aliphatic hydroxyl groups is 1. The molecule has 0 bridgehead atoms. The van der Waals surface area contributed by atoms with Crippen molar-refractivity contribution in [2.75, 3.05) is 25.0 Å². The van der Waals surface area contributed by atoms with Crippen LogP contribution in [-0.2, 0) is 4.79 Å². The van der Waals surface area contributed by atoms with Gasteiger partial charge in [0, 0.05) is 25.2 Å². The van der Waals surface area contributed by atoms with E-state index in [0.717, 1.165) is 19.5 Å². The van der Waals surface area contributed by atoms with E-state index in [1.165, 1.54) is 0 Å². The molecule has 2 N–H and O–H groups in total. The molecule has 1 saturated heterocycles. The van der Waals surface area contributed by atoms with Crippen molar-refractivity contribution in [3.05, 3.63) is 29.8 Å². The fourth-order valence-corrected chi connectivity index (χ4v) is 2.61. The average Bonchev–Trinajstić information content (AvgIpc) is 2.94. The summed E-state index contributed by atoms with van der Waals surface area (Å²) in [6, 6.07) is 8.95. The molecule has 1 aromatic rings. The van der Waals surface area contributed by atoms with Gasteiger partial charge >= 0.3 is 0 Å². The molecule has 1 aliphatic rings. The number of nitrogens with one attached hydrogen (secondary N) is 1. The zero-order valence-corrected chi connectivity index (χ0v) is 12.2. The van der Waals surface area contributed by atoms with E-state index in [2.05, 4.69) is 10.2 Å². The largest absolute Gasteiger partial charge is 0.393 e. The number of hydrogen-bond donors (Lipinski definition) is 2. The molecular weight excluding hydrogens is 266 g/mol. The van der Waals surface area contributed by atoms with E-state index in [0.29, 0.717) is 30.1 Å². The van der Waals surface area contributed by atoms with Crippen LogP contribution < -0.4 is 5.32 Å². The van der Waals surface area contributed by atoms with Crippen LogP contribution in [0.2, 0.25) is 0 Å². The maximum Gasteiger partial charge on any atom is 0.225 e. The Bertz CT molecular complexity index is 537. The topological polar surface area (TPSA) is 76.4 Å². The van der Waals surface area contributed by atoms with Crippen molar-refractivity contribution in [3.63, 3.8) is 0 Å². The molecule has 0 aromatic heterocycles. The number of benzene rings is 1. The Hall–Kier alpha value is -1.90. The third-order valence-corrected chi connectivity index (χ3v) is 3.92. The first-order valence-corrected chi connectivity index (χ1v) is 7.29. The summed E-state index contributed by atoms with van der Waals surface area (Å²) in [5.74, 6) is 0.269. The van der Waals surface area contributed by atoms with Crippen molar-refractivity contribution in [2.24, 2.45) is 5.92 Å². The number of carbonyl (C=O) groups is 1. The van der Waals surface area contributed by atoms with E-state index in [4.69, 9.17) is 5.26 Å². The zero-order valence-electron chi connectivity index (χ0n) is 12.2. The molecule has 112 valence electrons. The summed E-state index contributed by atoms with van der Waals surface area (Å²) < 4.78 is 0. The van der Waals surface area contributed by atoms with Gasteiger partial charge in [0.1, 0.15) is 0 Å². The van der Waals surface area contributed by atoms with Crippen LogP contribution in [0.15, 0.2) is 24.3 Å². The number of anilines is 1. The number of likely N-dealkylation sites (tertiary alicyclic amines) is 1. The quantitative estimate of drug-likeness (QED) is 0.862. The molecular formula is C16H21N3O2. The second-order valence-electron chi connectivity index (χ2n) is 5.58. The molecule has 5 nitrogen and oxygen atoms in total. The number of rotatable bonds is 5. The van der Waals surface area contributed by atoms with Crippen LogP contribution in [0.3, 0.4) is 0 Å². The van der Waals surface area contributed by atoms with E-state index in [9.17, 15) is 9.90 Å². The SMILES string of the molecule is CC(O)C1CCN(CCC(=O)Nc2cccc(C#N)c2)C1. The minimum Gasteiger partial charge on any atom is -0.393 e. The van der Waals surface area contributed by atoms with Crippen molar-refractivity contribution >= 4 is 11.6 Å². The first-order valence-electron chi connectivity index (χ1n) is 7.29. The van der Waals surface area contributed by atoms with Crippen molar-refractivity contribution in [1.29, 1.82) is 5.26 Å². The van der Waals surface area contributed by atoms with Gasteiger partial charge in [0.2, 0.25) is 5.91 Å². The fourth-order valence-electron chi connectivity index (χ4n) is 2.61. The highest BCUT2D eigenvalue weighted by Crippen LogP contribution is 2.19.